The van der Waals surface area contributed by atoms with E-state index < -0.39 is 0 Å². The summed E-state index contributed by atoms with van der Waals surface area (Å²) in [6, 6.07) is 9.78. The molecule has 0 aliphatic carbocycles. The first-order valence-electron chi connectivity index (χ1n) is 4.51. The number of pyridine rings is 1. The number of aromatic nitrogens is 1. The molecule has 0 saturated heterocycles. The van der Waals surface area contributed by atoms with Crippen LogP contribution in [0.3, 0.4) is 0 Å². The number of rotatable bonds is 1. The van der Waals surface area contributed by atoms with E-state index >= 15 is 0 Å². The summed E-state index contributed by atoms with van der Waals surface area (Å²) in [6.45, 7) is 0. The van der Waals surface area contributed by atoms with Crippen LogP contribution in [0.2, 0.25) is 0 Å². The molecule has 0 amide bonds. The Morgan fingerprint density at radius 3 is 2.53 bits per heavy atom. The monoisotopic (exact) mass is 223 g/mol. The van der Waals surface area contributed by atoms with Crippen molar-refractivity contribution in [3.8, 4) is 0 Å². The maximum atomic E-state index is 5.93. The van der Waals surface area contributed by atoms with E-state index in [1.807, 2.05) is 49.3 Å². The van der Waals surface area contributed by atoms with E-state index in [9.17, 15) is 0 Å². The van der Waals surface area contributed by atoms with Gasteiger partial charge in [0, 0.05) is 31.2 Å². The summed E-state index contributed by atoms with van der Waals surface area (Å²) in [7, 11) is 3.91. The van der Waals surface area contributed by atoms with Crippen LogP contribution in [0.15, 0.2) is 30.3 Å². The summed E-state index contributed by atoms with van der Waals surface area (Å²) in [5.74, 6) is 0.890. The highest BCUT2D eigenvalue weighted by Gasteiger charge is 2.03. The third-order valence-electron chi connectivity index (χ3n) is 2.19. The molecule has 0 spiro atoms. The summed E-state index contributed by atoms with van der Waals surface area (Å²) in [5.41, 5.74) is 7.65. The molecule has 1 aromatic heterocycles. The second-order valence-corrected chi connectivity index (χ2v) is 3.48. The zero-order chi connectivity index (χ0) is 10.1. The van der Waals surface area contributed by atoms with Crippen LogP contribution in [0.4, 0.5) is 11.5 Å². The lowest BCUT2D eigenvalue weighted by molar-refractivity contribution is 1.08. The van der Waals surface area contributed by atoms with Gasteiger partial charge in [-0.1, -0.05) is 18.2 Å². The molecule has 0 radical (unpaired) electrons. The minimum Gasteiger partial charge on any atom is -0.398 e. The second kappa shape index (κ2) is 4.36. The number of nitrogens with two attached hydrogens (primary N) is 1. The summed E-state index contributed by atoms with van der Waals surface area (Å²) >= 11 is 0. The van der Waals surface area contributed by atoms with E-state index in [-0.39, 0.29) is 12.4 Å². The molecule has 15 heavy (non-hydrogen) atoms. The molecule has 80 valence electrons. The molecule has 0 aliphatic rings. The van der Waals surface area contributed by atoms with Gasteiger partial charge in [-0.25, -0.2) is 4.98 Å². The Hall–Kier alpha value is -1.48. The number of benzene rings is 1. The molecule has 0 bridgehead atoms. The van der Waals surface area contributed by atoms with Gasteiger partial charge in [0.25, 0.3) is 0 Å². The van der Waals surface area contributed by atoms with Gasteiger partial charge in [0.2, 0.25) is 0 Å². The van der Waals surface area contributed by atoms with Crippen molar-refractivity contribution in [2.45, 2.75) is 0 Å². The summed E-state index contributed by atoms with van der Waals surface area (Å²) < 4.78 is 0. The van der Waals surface area contributed by atoms with Gasteiger partial charge in [-0.15, -0.1) is 12.4 Å². The topological polar surface area (TPSA) is 42.1 Å². The molecule has 3 nitrogen and oxygen atoms in total. The predicted molar refractivity (Wildman–Crippen MR) is 67.7 cm³/mol. The predicted octanol–water partition coefficient (Wildman–Crippen LogP) is 2.30. The quantitative estimate of drug-likeness (QED) is 0.807. The van der Waals surface area contributed by atoms with Crippen molar-refractivity contribution < 1.29 is 0 Å². The van der Waals surface area contributed by atoms with Gasteiger partial charge in [-0.05, 0) is 6.07 Å². The van der Waals surface area contributed by atoms with Crippen molar-refractivity contribution in [3.63, 3.8) is 0 Å². The highest BCUT2D eigenvalue weighted by Crippen LogP contribution is 2.23. The fraction of sp³-hybridized carbons (Fsp3) is 0.182. The number of halogens is 1. The van der Waals surface area contributed by atoms with E-state index in [2.05, 4.69) is 4.98 Å². The van der Waals surface area contributed by atoms with Gasteiger partial charge in [-0.3, -0.25) is 0 Å². The smallest absolute Gasteiger partial charge is 0.130 e. The zero-order valence-electron chi connectivity index (χ0n) is 8.77. The SMILES string of the molecule is CN(C)c1cc(N)c2ccccc2n1.Cl. The maximum absolute atomic E-state index is 5.93. The Morgan fingerprint density at radius 2 is 1.87 bits per heavy atom. The number of para-hydroxylation sites is 1. The van der Waals surface area contributed by atoms with Gasteiger partial charge in [0.05, 0.1) is 5.52 Å². The standard InChI is InChI=1S/C11H13N3.ClH/c1-14(2)11-7-9(12)8-5-3-4-6-10(8)13-11;/h3-7H,1-2H3,(H2,12,13);1H. The average Bonchev–Trinajstić information content (AvgIpc) is 2.17. The molecule has 0 atom stereocenters. The van der Waals surface area contributed by atoms with Crippen LogP contribution in [-0.2, 0) is 0 Å². The fourth-order valence-corrected chi connectivity index (χ4v) is 1.42. The van der Waals surface area contributed by atoms with Crippen LogP contribution in [-0.4, -0.2) is 19.1 Å². The molecule has 1 heterocycles. The van der Waals surface area contributed by atoms with Crippen molar-refractivity contribution >= 4 is 34.8 Å². The minimum atomic E-state index is 0. The van der Waals surface area contributed by atoms with Gasteiger partial charge >= 0.3 is 0 Å². The third kappa shape index (κ3) is 2.13. The van der Waals surface area contributed by atoms with Crippen molar-refractivity contribution in [1.29, 1.82) is 0 Å². The first kappa shape index (κ1) is 11.6. The van der Waals surface area contributed by atoms with Gasteiger partial charge < -0.3 is 10.6 Å². The number of hydrogen-bond donors (Lipinski definition) is 1. The Labute approximate surface area is 95.3 Å². The van der Waals surface area contributed by atoms with Gasteiger partial charge in [-0.2, -0.15) is 0 Å². The highest BCUT2D eigenvalue weighted by atomic mass is 35.5. The maximum Gasteiger partial charge on any atom is 0.130 e. The van der Waals surface area contributed by atoms with Crippen LogP contribution in [0.5, 0.6) is 0 Å². The van der Waals surface area contributed by atoms with Gasteiger partial charge in [0.1, 0.15) is 5.82 Å². The van der Waals surface area contributed by atoms with E-state index in [1.54, 1.807) is 0 Å². The molecule has 0 aliphatic heterocycles. The molecule has 0 unspecified atom stereocenters. The van der Waals surface area contributed by atoms with E-state index in [0.717, 1.165) is 22.4 Å². The number of hydrogen-bond acceptors (Lipinski definition) is 3. The van der Waals surface area contributed by atoms with Crippen molar-refractivity contribution in [2.24, 2.45) is 0 Å². The minimum absolute atomic E-state index is 0. The lowest BCUT2D eigenvalue weighted by Crippen LogP contribution is -2.11. The fourth-order valence-electron chi connectivity index (χ4n) is 1.42. The number of anilines is 2. The first-order chi connectivity index (χ1) is 6.68. The zero-order valence-corrected chi connectivity index (χ0v) is 9.58. The molecule has 2 N–H and O–H groups in total. The largest absolute Gasteiger partial charge is 0.398 e. The Morgan fingerprint density at radius 1 is 1.20 bits per heavy atom. The molecule has 1 aromatic carbocycles. The average molecular weight is 224 g/mol. The molecule has 0 fully saturated rings. The Bertz CT molecular complexity index is 468. The lowest BCUT2D eigenvalue weighted by atomic mass is 10.2. The Balaban J connectivity index is 0.00000112. The normalized spacial score (nSPS) is 9.73. The van der Waals surface area contributed by atoms with Crippen molar-refractivity contribution in [3.05, 3.63) is 30.3 Å². The van der Waals surface area contributed by atoms with Crippen LogP contribution in [0.1, 0.15) is 0 Å². The number of nitrogen functional groups attached to an aromatic ring is 1. The van der Waals surface area contributed by atoms with Crippen LogP contribution in [0.25, 0.3) is 10.9 Å². The van der Waals surface area contributed by atoms with Crippen LogP contribution in [0, 0.1) is 0 Å². The Kier molecular flexibility index (Phi) is 3.37. The van der Waals surface area contributed by atoms with Gasteiger partial charge in [0.15, 0.2) is 0 Å². The summed E-state index contributed by atoms with van der Waals surface area (Å²) in [6.07, 6.45) is 0. The van der Waals surface area contributed by atoms with Crippen LogP contribution < -0.4 is 10.6 Å². The highest BCUT2D eigenvalue weighted by molar-refractivity contribution is 5.91. The van der Waals surface area contributed by atoms with Crippen molar-refractivity contribution in [2.75, 3.05) is 24.7 Å². The molecule has 0 saturated carbocycles. The van der Waals surface area contributed by atoms with E-state index in [4.69, 9.17) is 5.73 Å². The molecular weight excluding hydrogens is 210 g/mol. The molecule has 2 aromatic rings. The first-order valence-corrected chi connectivity index (χ1v) is 4.51. The number of nitrogens with zero attached hydrogens (tertiary/aromatic N) is 2. The van der Waals surface area contributed by atoms with Crippen molar-refractivity contribution in [1.82, 2.24) is 4.98 Å². The summed E-state index contributed by atoms with van der Waals surface area (Å²) in [5, 5.41) is 1.01. The van der Waals surface area contributed by atoms with E-state index in [0.29, 0.717) is 0 Å². The second-order valence-electron chi connectivity index (χ2n) is 3.48. The third-order valence-corrected chi connectivity index (χ3v) is 2.19. The molecular formula is C11H14ClN3. The molecule has 2 rings (SSSR count). The number of fused-ring (bicyclic) bond motifs is 1. The lowest BCUT2D eigenvalue weighted by Gasteiger charge is -2.13. The van der Waals surface area contributed by atoms with Crippen LogP contribution >= 0.6 is 12.4 Å². The summed E-state index contributed by atoms with van der Waals surface area (Å²) in [4.78, 5) is 6.43. The molecule has 4 heteroatoms. The van der Waals surface area contributed by atoms with E-state index in [1.165, 1.54) is 0 Å².